The maximum Gasteiger partial charge on any atom is 0.305 e. The molecule has 0 bridgehead atoms. The van der Waals surface area contributed by atoms with E-state index in [1.165, 1.54) is 17.0 Å². The fourth-order valence-corrected chi connectivity index (χ4v) is 3.83. The van der Waals surface area contributed by atoms with Crippen molar-refractivity contribution in [1.29, 1.82) is 0 Å². The van der Waals surface area contributed by atoms with Crippen molar-refractivity contribution in [2.75, 3.05) is 11.9 Å². The molecule has 0 fully saturated rings. The Balaban J connectivity index is 1.77. The Kier molecular flexibility index (Phi) is 7.38. The third kappa shape index (κ3) is 5.40. The number of carbonyl (C=O) groups is 2. The molecule has 11 heteroatoms. The number of hydrogen-bond donors (Lipinski definition) is 4. The van der Waals surface area contributed by atoms with Crippen LogP contribution in [0.3, 0.4) is 0 Å². The summed E-state index contributed by atoms with van der Waals surface area (Å²) in [5.74, 6) is -3.49. The van der Waals surface area contributed by atoms with Gasteiger partial charge in [0, 0.05) is 43.8 Å². The molecule has 1 amide bonds. The second-order valence-corrected chi connectivity index (χ2v) is 8.04. The summed E-state index contributed by atoms with van der Waals surface area (Å²) in [6.07, 6.45) is 4.39. The van der Waals surface area contributed by atoms with Crippen molar-refractivity contribution in [1.82, 2.24) is 19.9 Å². The summed E-state index contributed by atoms with van der Waals surface area (Å²) in [4.78, 5) is 43.3. The third-order valence-electron chi connectivity index (χ3n) is 5.63. The molecule has 36 heavy (non-hydrogen) atoms. The molecule has 9 nitrogen and oxygen atoms in total. The Morgan fingerprint density at radius 2 is 1.94 bits per heavy atom. The van der Waals surface area contributed by atoms with Crippen molar-refractivity contribution >= 4 is 28.7 Å². The number of pyridine rings is 1. The number of fused-ring (bicyclic) bond motifs is 1. The van der Waals surface area contributed by atoms with Crippen LogP contribution in [0, 0.1) is 11.6 Å². The third-order valence-corrected chi connectivity index (χ3v) is 5.63. The summed E-state index contributed by atoms with van der Waals surface area (Å²) >= 11 is 0. The highest BCUT2D eigenvalue weighted by molar-refractivity contribution is 5.97. The number of carbonyl (C=O) groups excluding carboxylic acids is 1. The minimum atomic E-state index is -1.12. The lowest BCUT2D eigenvalue weighted by molar-refractivity contribution is -0.136. The van der Waals surface area contributed by atoms with Gasteiger partial charge in [-0.3, -0.25) is 14.4 Å². The zero-order valence-electron chi connectivity index (χ0n) is 19.1. The predicted octanol–water partition coefficient (Wildman–Crippen LogP) is 3.06. The van der Waals surface area contributed by atoms with Gasteiger partial charge in [-0.15, -0.1) is 0 Å². The molecule has 0 saturated heterocycles. The number of aromatic amines is 1. The van der Waals surface area contributed by atoms with Gasteiger partial charge < -0.3 is 25.3 Å². The summed E-state index contributed by atoms with van der Waals surface area (Å²) in [6, 6.07) is 10.3. The molecule has 0 radical (unpaired) electrons. The summed E-state index contributed by atoms with van der Waals surface area (Å²) in [5.41, 5.74) is -0.654. The van der Waals surface area contributed by atoms with Gasteiger partial charge in [0.05, 0.1) is 17.3 Å². The van der Waals surface area contributed by atoms with Crippen LogP contribution in [0.15, 0.2) is 59.8 Å². The number of hydrogen-bond acceptors (Lipinski definition) is 5. The normalized spacial score (nSPS) is 10.9. The summed E-state index contributed by atoms with van der Waals surface area (Å²) in [6.45, 7) is -0.231. The molecular weight excluding hydrogens is 472 g/mol. The molecular formula is C25H23F2N5O4. The SMILES string of the molecule is O=C(O)CCNC(=O)c1cn(CCc2ccccc2)c2c(F)c(CNc3ncc[nH]3)c(F)cc2c1=O. The average molecular weight is 495 g/mol. The maximum absolute atomic E-state index is 15.7. The minimum Gasteiger partial charge on any atom is -0.481 e. The first-order valence-corrected chi connectivity index (χ1v) is 11.2. The quantitative estimate of drug-likeness (QED) is 0.268. The number of nitrogens with zero attached hydrogens (tertiary/aromatic N) is 2. The molecule has 2 aromatic carbocycles. The van der Waals surface area contributed by atoms with Crippen molar-refractivity contribution in [3.05, 3.63) is 93.5 Å². The van der Waals surface area contributed by atoms with Crippen LogP contribution in [0.25, 0.3) is 10.9 Å². The van der Waals surface area contributed by atoms with Gasteiger partial charge >= 0.3 is 5.97 Å². The summed E-state index contributed by atoms with van der Waals surface area (Å²) in [5, 5.41) is 13.7. The highest BCUT2D eigenvalue weighted by atomic mass is 19.1. The number of aromatic nitrogens is 3. The molecule has 0 spiro atoms. The first-order chi connectivity index (χ1) is 17.3. The molecule has 0 saturated carbocycles. The maximum atomic E-state index is 15.7. The zero-order chi connectivity index (χ0) is 25.7. The summed E-state index contributed by atoms with van der Waals surface area (Å²) in [7, 11) is 0. The number of carboxylic acid groups (broad SMARTS) is 1. The fourth-order valence-electron chi connectivity index (χ4n) is 3.83. The van der Waals surface area contributed by atoms with Gasteiger partial charge in [0.25, 0.3) is 5.91 Å². The predicted molar refractivity (Wildman–Crippen MR) is 129 cm³/mol. The van der Waals surface area contributed by atoms with E-state index in [1.54, 1.807) is 6.20 Å². The van der Waals surface area contributed by atoms with Crippen LogP contribution in [-0.2, 0) is 24.3 Å². The number of halogens is 2. The molecule has 2 aromatic heterocycles. The number of benzene rings is 2. The topological polar surface area (TPSA) is 129 Å². The van der Waals surface area contributed by atoms with Gasteiger partial charge in [0.2, 0.25) is 5.43 Å². The molecule has 4 aromatic rings. The van der Waals surface area contributed by atoms with E-state index >= 15 is 4.39 Å². The lowest BCUT2D eigenvalue weighted by Gasteiger charge is -2.17. The Hall–Kier alpha value is -4.54. The van der Waals surface area contributed by atoms with Crippen LogP contribution in [0.1, 0.15) is 27.9 Å². The monoisotopic (exact) mass is 495 g/mol. The molecule has 2 heterocycles. The van der Waals surface area contributed by atoms with E-state index in [4.69, 9.17) is 5.11 Å². The molecule has 0 unspecified atom stereocenters. The largest absolute Gasteiger partial charge is 0.481 e. The fraction of sp³-hybridized carbons (Fsp3) is 0.200. The average Bonchev–Trinajstić information content (AvgIpc) is 3.37. The Morgan fingerprint density at radius 3 is 2.64 bits per heavy atom. The summed E-state index contributed by atoms with van der Waals surface area (Å²) < 4.78 is 32.1. The van der Waals surface area contributed by atoms with E-state index in [-0.39, 0.29) is 48.1 Å². The first kappa shape index (κ1) is 24.6. The van der Waals surface area contributed by atoms with E-state index in [0.29, 0.717) is 12.4 Å². The number of nitrogens with one attached hydrogen (secondary N) is 3. The second kappa shape index (κ2) is 10.8. The number of H-pyrrole nitrogens is 1. The van der Waals surface area contributed by atoms with Gasteiger partial charge in [-0.1, -0.05) is 30.3 Å². The van der Waals surface area contributed by atoms with E-state index in [0.717, 1.165) is 11.6 Å². The number of amides is 1. The van der Waals surface area contributed by atoms with Crippen LogP contribution >= 0.6 is 0 Å². The van der Waals surface area contributed by atoms with Gasteiger partial charge in [0.15, 0.2) is 11.8 Å². The van der Waals surface area contributed by atoms with Crippen molar-refractivity contribution in [3.63, 3.8) is 0 Å². The Labute approximate surface area is 203 Å². The van der Waals surface area contributed by atoms with Crippen LogP contribution in [-0.4, -0.2) is 38.1 Å². The van der Waals surface area contributed by atoms with E-state index in [2.05, 4.69) is 20.6 Å². The number of aryl methyl sites for hydroxylation is 2. The smallest absolute Gasteiger partial charge is 0.305 e. The number of anilines is 1. The number of rotatable bonds is 10. The Morgan fingerprint density at radius 1 is 1.17 bits per heavy atom. The Bertz CT molecular complexity index is 1450. The van der Waals surface area contributed by atoms with Crippen LogP contribution in [0.5, 0.6) is 0 Å². The minimum absolute atomic E-state index is 0.129. The van der Waals surface area contributed by atoms with Gasteiger partial charge in [-0.05, 0) is 18.1 Å². The number of carboxylic acids is 1. The number of aliphatic carboxylic acids is 1. The molecule has 0 atom stereocenters. The lowest BCUT2D eigenvalue weighted by atomic mass is 10.0. The van der Waals surface area contributed by atoms with Gasteiger partial charge in [-0.2, -0.15) is 0 Å². The van der Waals surface area contributed by atoms with E-state index in [9.17, 15) is 18.8 Å². The molecule has 4 rings (SSSR count). The van der Waals surface area contributed by atoms with Gasteiger partial charge in [0.1, 0.15) is 11.4 Å². The van der Waals surface area contributed by atoms with Crippen molar-refractivity contribution in [2.45, 2.75) is 25.9 Å². The van der Waals surface area contributed by atoms with Crippen LogP contribution < -0.4 is 16.1 Å². The highest BCUT2D eigenvalue weighted by Gasteiger charge is 2.22. The highest BCUT2D eigenvalue weighted by Crippen LogP contribution is 2.24. The molecule has 4 N–H and O–H groups in total. The van der Waals surface area contributed by atoms with Gasteiger partial charge in [-0.25, -0.2) is 13.8 Å². The zero-order valence-corrected chi connectivity index (χ0v) is 19.1. The standard InChI is InChI=1S/C25H23F2N5O4/c26-19-12-16-22(21(27)17(19)13-31-25-29-9-10-30-25)32(11-7-15-4-2-1-3-5-15)14-18(23(16)35)24(36)28-8-6-20(33)34/h1-5,9-10,12,14H,6-8,11,13H2,(H,28,36)(H,33,34)(H2,29,30,31). The molecule has 0 aliphatic heterocycles. The lowest BCUT2D eigenvalue weighted by Crippen LogP contribution is -2.31. The van der Waals surface area contributed by atoms with Crippen LogP contribution in [0.2, 0.25) is 0 Å². The van der Waals surface area contributed by atoms with Crippen molar-refractivity contribution in [3.8, 4) is 0 Å². The van der Waals surface area contributed by atoms with E-state index in [1.807, 2.05) is 30.3 Å². The molecule has 0 aliphatic carbocycles. The van der Waals surface area contributed by atoms with Crippen LogP contribution in [0.4, 0.5) is 14.7 Å². The number of imidazole rings is 1. The van der Waals surface area contributed by atoms with E-state index < -0.39 is 28.9 Å². The first-order valence-electron chi connectivity index (χ1n) is 11.2. The van der Waals surface area contributed by atoms with Crippen molar-refractivity contribution < 1.29 is 23.5 Å². The molecule has 0 aliphatic rings. The second-order valence-electron chi connectivity index (χ2n) is 8.04. The molecule has 186 valence electrons. The van der Waals surface area contributed by atoms with Crippen molar-refractivity contribution in [2.24, 2.45) is 0 Å².